The van der Waals surface area contributed by atoms with Crippen LogP contribution in [-0.4, -0.2) is 193 Å². The molecule has 91 heavy (non-hydrogen) atoms. The van der Waals surface area contributed by atoms with Gasteiger partial charge < -0.3 is 60.5 Å². The quantitative estimate of drug-likeness (QED) is 0.0113. The van der Waals surface area contributed by atoms with Crippen molar-refractivity contribution in [1.29, 1.82) is 0 Å². The van der Waals surface area contributed by atoms with E-state index in [4.69, 9.17) is 61.2 Å². The Bertz CT molecular complexity index is 3110. The highest BCUT2D eigenvalue weighted by Crippen LogP contribution is 2.40. The molecule has 4 heterocycles. The fourth-order valence-electron chi connectivity index (χ4n) is 10.3. The highest BCUT2D eigenvalue weighted by molar-refractivity contribution is 7.86. The van der Waals surface area contributed by atoms with Crippen LogP contribution in [0.3, 0.4) is 0 Å². The fourth-order valence-corrected chi connectivity index (χ4v) is 11.8. The minimum atomic E-state index is -4.39. The number of nitrogens with two attached hydrogens (primary N) is 2. The van der Waals surface area contributed by atoms with Crippen molar-refractivity contribution in [1.82, 2.24) is 25.6 Å². The lowest BCUT2D eigenvalue weighted by molar-refractivity contribution is 0.0927. The number of azide groups is 2. The molecule has 3 aromatic rings. The van der Waals surface area contributed by atoms with Crippen LogP contribution in [0.25, 0.3) is 20.9 Å². The molecule has 0 unspecified atom stereocenters. The van der Waals surface area contributed by atoms with Gasteiger partial charge in [-0.3, -0.25) is 23.2 Å². The van der Waals surface area contributed by atoms with Crippen LogP contribution in [-0.2, 0) is 36.8 Å². The zero-order valence-corrected chi connectivity index (χ0v) is 53.8. The van der Waals surface area contributed by atoms with Crippen molar-refractivity contribution < 1.29 is 72.2 Å². The third-order valence-electron chi connectivity index (χ3n) is 15.3. The lowest BCUT2D eigenvalue weighted by Gasteiger charge is -2.35. The van der Waals surface area contributed by atoms with Gasteiger partial charge in [-0.05, 0) is 132 Å². The molecule has 32 nitrogen and oxygen atoms in total. The van der Waals surface area contributed by atoms with E-state index in [0.29, 0.717) is 112 Å². The monoisotopic (exact) mass is 1340 g/mol. The van der Waals surface area contributed by atoms with Gasteiger partial charge in [0.25, 0.3) is 42.2 Å². The number of hydrogen-bond donors (Lipinski definition) is 7. The van der Waals surface area contributed by atoms with Gasteiger partial charge >= 0.3 is 0 Å². The zero-order chi connectivity index (χ0) is 65.7. The second kappa shape index (κ2) is 37.5. The van der Waals surface area contributed by atoms with Crippen LogP contribution >= 0.6 is 0 Å². The first kappa shape index (κ1) is 73.1. The number of hydrogen-bond acceptors (Lipinski definition) is 23. The summed E-state index contributed by atoms with van der Waals surface area (Å²) in [5.74, 6) is -0.885. The second-order valence-electron chi connectivity index (χ2n) is 22.6. The molecule has 0 aliphatic carbocycles. The molecule has 0 spiro atoms. The number of aromatic nitrogens is 3. The van der Waals surface area contributed by atoms with Gasteiger partial charge in [-0.25, -0.2) is 0 Å². The molecular weight excluding hydrogens is 1250 g/mol. The van der Waals surface area contributed by atoms with Crippen molar-refractivity contribution in [3.63, 3.8) is 0 Å². The van der Waals surface area contributed by atoms with Gasteiger partial charge in [-0.2, -0.15) is 40.2 Å². The van der Waals surface area contributed by atoms with Gasteiger partial charge in [-0.1, -0.05) is 35.9 Å². The van der Waals surface area contributed by atoms with E-state index in [-0.39, 0.29) is 112 Å². The topological polar surface area (TPSA) is 465 Å². The number of amides is 2. The van der Waals surface area contributed by atoms with Gasteiger partial charge in [-0.15, -0.1) is 0 Å². The largest absolute Gasteiger partial charge is 0.493 e. The predicted octanol–water partition coefficient (Wildman–Crippen LogP) is 5.96. The van der Waals surface area contributed by atoms with E-state index in [1.54, 1.807) is 12.1 Å². The molecule has 3 saturated heterocycles. The Labute approximate surface area is 531 Å². The number of nitrogens with one attached hydrogen (secondary N) is 2. The van der Waals surface area contributed by atoms with Crippen LogP contribution in [0.4, 0.5) is 17.8 Å². The fraction of sp³-hybridized carbons (Fsp3) is 0.696. The SMILES string of the molecule is [N-]=[N+]=NCCCCCCOc1cc(C(=O)NC2CCN(c3nc(N4CCC(N)CC4)nc(N4CCC(N)CC4)n3)CC2)cc(OCCCCCCN=[N+]=[N-])c1CCCNC(=O)c1cc(OCCCS(=O)(=O)O)c(OCCCS(=O)(=O)O)c(OCCCS(=O)(=O)O)c1. The Morgan fingerprint density at radius 3 is 1.30 bits per heavy atom. The molecular formula is C56H88N16O16S3. The van der Waals surface area contributed by atoms with Crippen LogP contribution in [0.15, 0.2) is 34.5 Å². The standard InChI is InChI=1S/C56H88N16O16S3/c57-43-14-23-70(24-15-43)54-65-55(71-25-16-44(58)17-26-71)67-56(66-54)72-27-18-45(19-28-72)64-53(74)42-37-47(84-29-7-3-1-5-21-62-68-59)46(48(38-42)85-30-8-4-2-6-22-63-69-60)13-9-20-61-52(73)41-39-49(86-31-10-34-89(75,76)77)51(88-33-12-36-91(81,82)83)50(40-41)87-32-11-35-90(78,79)80/h37-40,43-45H,1-36,57-58H2,(H,61,73)(H,64,74)(H,75,76,77)(H,78,79,80)(H,81,82,83). The highest BCUT2D eigenvalue weighted by Gasteiger charge is 2.29. The van der Waals surface area contributed by atoms with E-state index >= 15 is 0 Å². The van der Waals surface area contributed by atoms with E-state index in [1.165, 1.54) is 12.1 Å². The highest BCUT2D eigenvalue weighted by atomic mass is 32.2. The van der Waals surface area contributed by atoms with Crippen molar-refractivity contribution in [3.8, 4) is 28.7 Å². The molecule has 6 rings (SSSR count). The summed E-state index contributed by atoms with van der Waals surface area (Å²) >= 11 is 0. The van der Waals surface area contributed by atoms with Crippen molar-refractivity contribution in [3.05, 3.63) is 61.8 Å². The first-order valence-corrected chi connectivity index (χ1v) is 35.9. The minimum absolute atomic E-state index is 0.0561. The summed E-state index contributed by atoms with van der Waals surface area (Å²) in [6.45, 7) is 4.48. The molecule has 3 aliphatic rings. The number of carbonyl (C=O) groups is 2. The van der Waals surface area contributed by atoms with Crippen LogP contribution in [0.5, 0.6) is 28.7 Å². The van der Waals surface area contributed by atoms with Gasteiger partial charge in [0.2, 0.25) is 23.6 Å². The molecule has 2 aromatic carbocycles. The first-order valence-electron chi connectivity index (χ1n) is 31.0. The third kappa shape index (κ3) is 27.0. The number of unbranched alkanes of at least 4 members (excludes halogenated alkanes) is 6. The van der Waals surface area contributed by atoms with E-state index in [0.717, 1.165) is 77.5 Å². The maximum atomic E-state index is 14.5. The number of piperidine rings is 3. The van der Waals surface area contributed by atoms with Gasteiger partial charge in [0, 0.05) is 104 Å². The molecule has 3 aliphatic heterocycles. The molecule has 2 amide bonds. The van der Waals surface area contributed by atoms with Crippen molar-refractivity contribution in [2.24, 2.45) is 21.7 Å². The lowest BCUT2D eigenvalue weighted by Crippen LogP contribution is -2.46. The number of carbonyl (C=O) groups excluding carboxylic acids is 2. The molecule has 35 heteroatoms. The first-order chi connectivity index (χ1) is 43.6. The van der Waals surface area contributed by atoms with Gasteiger partial charge in [0.05, 0.1) is 50.3 Å². The van der Waals surface area contributed by atoms with Crippen molar-refractivity contribution >= 4 is 60.0 Å². The Morgan fingerprint density at radius 1 is 0.516 bits per heavy atom. The van der Waals surface area contributed by atoms with Crippen molar-refractivity contribution in [2.75, 3.05) is 124 Å². The van der Waals surface area contributed by atoms with E-state index < -0.39 is 53.5 Å². The number of benzene rings is 2. The second-order valence-corrected chi connectivity index (χ2v) is 27.3. The molecule has 0 bridgehead atoms. The lowest BCUT2D eigenvalue weighted by atomic mass is 10.0. The Balaban J connectivity index is 1.22. The maximum Gasteiger partial charge on any atom is 0.264 e. The number of nitrogens with zero attached hydrogens (tertiary/aromatic N) is 12. The Hall–Kier alpha value is -6.94. The normalized spacial score (nSPS) is 15.3. The minimum Gasteiger partial charge on any atom is -0.493 e. The summed E-state index contributed by atoms with van der Waals surface area (Å²) < 4.78 is 127. The summed E-state index contributed by atoms with van der Waals surface area (Å²) in [6.07, 6.45) is 10.3. The molecule has 0 radical (unpaired) electrons. The van der Waals surface area contributed by atoms with Gasteiger partial charge in [0.1, 0.15) is 11.5 Å². The summed E-state index contributed by atoms with van der Waals surface area (Å²) in [4.78, 5) is 55.6. The summed E-state index contributed by atoms with van der Waals surface area (Å²) in [6, 6.07) is 5.98. The third-order valence-corrected chi connectivity index (χ3v) is 17.7. The van der Waals surface area contributed by atoms with E-state index in [2.05, 4.69) is 45.4 Å². The average Bonchev–Trinajstić information content (AvgIpc) is 0.991. The smallest absolute Gasteiger partial charge is 0.264 e. The number of ether oxygens (including phenoxy) is 5. The van der Waals surface area contributed by atoms with Gasteiger partial charge in [0.15, 0.2) is 11.5 Å². The Kier molecular flexibility index (Phi) is 30.2. The van der Waals surface area contributed by atoms with Crippen LogP contribution in [0.1, 0.15) is 142 Å². The zero-order valence-electron chi connectivity index (χ0n) is 51.4. The van der Waals surface area contributed by atoms with E-state index in [9.17, 15) is 48.5 Å². The molecule has 0 atom stereocenters. The molecule has 506 valence electrons. The van der Waals surface area contributed by atoms with E-state index in [1.807, 2.05) is 0 Å². The molecule has 1 aromatic heterocycles. The Morgan fingerprint density at radius 2 is 0.879 bits per heavy atom. The molecule has 3 fully saturated rings. The number of anilines is 3. The summed E-state index contributed by atoms with van der Waals surface area (Å²) in [5.41, 5.74) is 30.9. The predicted molar refractivity (Wildman–Crippen MR) is 340 cm³/mol. The molecule has 9 N–H and O–H groups in total. The van der Waals surface area contributed by atoms with Crippen LogP contribution < -0.4 is 60.5 Å². The average molecular weight is 1340 g/mol. The van der Waals surface area contributed by atoms with Crippen molar-refractivity contribution in [2.45, 2.75) is 140 Å². The summed E-state index contributed by atoms with van der Waals surface area (Å²) in [7, 11) is -13.2. The number of rotatable bonds is 41. The van der Waals surface area contributed by atoms with Crippen LogP contribution in [0, 0.1) is 0 Å². The molecule has 0 saturated carbocycles. The summed E-state index contributed by atoms with van der Waals surface area (Å²) in [5, 5.41) is 13.4. The van der Waals surface area contributed by atoms with Crippen LogP contribution in [0.2, 0.25) is 0 Å². The maximum absolute atomic E-state index is 14.5.